The van der Waals surface area contributed by atoms with Crippen molar-refractivity contribution in [3.05, 3.63) is 0 Å². The predicted octanol–water partition coefficient (Wildman–Crippen LogP) is 3.77. The van der Waals surface area contributed by atoms with Crippen molar-refractivity contribution in [2.75, 3.05) is 26.4 Å². The van der Waals surface area contributed by atoms with Crippen LogP contribution >= 0.6 is 0 Å². The first-order valence-corrected chi connectivity index (χ1v) is 8.67. The van der Waals surface area contributed by atoms with Crippen LogP contribution in [-0.4, -0.2) is 38.0 Å². The van der Waals surface area contributed by atoms with Crippen LogP contribution < -0.4 is 5.32 Å². The largest absolute Gasteiger partial charge is 0.381 e. The van der Waals surface area contributed by atoms with Gasteiger partial charge in [0.15, 0.2) is 0 Å². The molecule has 1 aliphatic rings. The van der Waals surface area contributed by atoms with Crippen LogP contribution in [0.2, 0.25) is 0 Å². The normalized spacial score (nSPS) is 19.2. The van der Waals surface area contributed by atoms with Gasteiger partial charge < -0.3 is 14.8 Å². The van der Waals surface area contributed by atoms with E-state index in [2.05, 4.69) is 33.0 Å². The second-order valence-electron chi connectivity index (χ2n) is 6.00. The number of hydrogen-bond donors (Lipinski definition) is 1. The fourth-order valence-electron chi connectivity index (χ4n) is 3.45. The molecule has 120 valence electrons. The molecule has 0 aromatic rings. The zero-order valence-electron chi connectivity index (χ0n) is 14.0. The minimum absolute atomic E-state index is 0.00221. The van der Waals surface area contributed by atoms with Crippen LogP contribution in [0, 0.1) is 5.92 Å². The van der Waals surface area contributed by atoms with Crippen molar-refractivity contribution in [2.24, 2.45) is 5.92 Å². The third kappa shape index (κ3) is 5.01. The van der Waals surface area contributed by atoms with Gasteiger partial charge in [0.25, 0.3) is 0 Å². The first-order chi connectivity index (χ1) is 9.72. The molecule has 1 unspecified atom stereocenters. The molecule has 1 N–H and O–H groups in total. The van der Waals surface area contributed by atoms with Gasteiger partial charge in [-0.1, -0.05) is 20.8 Å². The number of hydrogen-bond acceptors (Lipinski definition) is 3. The Bertz CT molecular complexity index is 235. The Balaban J connectivity index is 2.72. The van der Waals surface area contributed by atoms with E-state index in [4.69, 9.17) is 9.47 Å². The molecule has 0 aromatic carbocycles. The molecule has 1 atom stereocenters. The lowest BCUT2D eigenvalue weighted by Gasteiger charge is -2.42. The maximum Gasteiger partial charge on any atom is 0.0829 e. The maximum absolute atomic E-state index is 6.23. The molecule has 1 saturated heterocycles. The molecular weight excluding hydrogens is 250 g/mol. The summed E-state index contributed by atoms with van der Waals surface area (Å²) in [6, 6.07) is 0.473. The van der Waals surface area contributed by atoms with E-state index in [1.54, 1.807) is 0 Å². The average Bonchev–Trinajstić information content (AvgIpc) is 2.50. The highest BCUT2D eigenvalue weighted by molar-refractivity contribution is 4.93. The molecule has 20 heavy (non-hydrogen) atoms. The van der Waals surface area contributed by atoms with E-state index in [0.717, 1.165) is 45.1 Å². The molecule has 3 nitrogen and oxygen atoms in total. The van der Waals surface area contributed by atoms with Crippen LogP contribution in [0.25, 0.3) is 0 Å². The third-order valence-corrected chi connectivity index (χ3v) is 4.81. The second-order valence-corrected chi connectivity index (χ2v) is 6.00. The van der Waals surface area contributed by atoms with Gasteiger partial charge in [0.1, 0.15) is 0 Å². The lowest BCUT2D eigenvalue weighted by molar-refractivity contribution is -0.0798. The molecule has 1 heterocycles. The molecule has 0 aliphatic carbocycles. The Kier molecular flexibility index (Phi) is 8.74. The molecule has 0 radical (unpaired) electrons. The summed E-state index contributed by atoms with van der Waals surface area (Å²) in [6.45, 7) is 12.6. The van der Waals surface area contributed by atoms with Crippen LogP contribution in [0.3, 0.4) is 0 Å². The van der Waals surface area contributed by atoms with E-state index in [9.17, 15) is 0 Å². The van der Waals surface area contributed by atoms with Crippen LogP contribution in [0.1, 0.15) is 66.2 Å². The van der Waals surface area contributed by atoms with Gasteiger partial charge in [0.2, 0.25) is 0 Å². The molecule has 0 saturated carbocycles. The summed E-state index contributed by atoms with van der Waals surface area (Å²) in [5.74, 6) is 0.788. The zero-order chi connectivity index (χ0) is 14.8. The predicted molar refractivity (Wildman–Crippen MR) is 85.2 cm³/mol. The van der Waals surface area contributed by atoms with Crippen LogP contribution in [0.4, 0.5) is 0 Å². The van der Waals surface area contributed by atoms with Crippen molar-refractivity contribution in [1.82, 2.24) is 5.32 Å². The van der Waals surface area contributed by atoms with Crippen LogP contribution in [0.15, 0.2) is 0 Å². The standard InChI is InChI=1S/C17H35NO2/c1-5-11-18-16(14-15-9-12-19-13-10-15)17(6-2,7-3)20-8-4/h15-16,18H,5-14H2,1-4H3. The van der Waals surface area contributed by atoms with E-state index in [1.807, 2.05) is 0 Å². The Labute approximate surface area is 125 Å². The van der Waals surface area contributed by atoms with Crippen LogP contribution in [0.5, 0.6) is 0 Å². The maximum atomic E-state index is 6.23. The monoisotopic (exact) mass is 285 g/mol. The summed E-state index contributed by atoms with van der Waals surface area (Å²) in [7, 11) is 0. The van der Waals surface area contributed by atoms with Crippen molar-refractivity contribution in [3.8, 4) is 0 Å². The van der Waals surface area contributed by atoms with Crippen molar-refractivity contribution in [2.45, 2.75) is 77.9 Å². The number of ether oxygens (including phenoxy) is 2. The first-order valence-electron chi connectivity index (χ1n) is 8.67. The van der Waals surface area contributed by atoms with Gasteiger partial charge >= 0.3 is 0 Å². The molecule has 0 spiro atoms. The molecule has 1 rings (SSSR count). The number of rotatable bonds is 10. The Morgan fingerprint density at radius 2 is 1.80 bits per heavy atom. The van der Waals surface area contributed by atoms with Crippen LogP contribution in [-0.2, 0) is 9.47 Å². The molecule has 0 bridgehead atoms. The minimum Gasteiger partial charge on any atom is -0.381 e. The fourth-order valence-corrected chi connectivity index (χ4v) is 3.45. The smallest absolute Gasteiger partial charge is 0.0829 e. The highest BCUT2D eigenvalue weighted by Crippen LogP contribution is 2.31. The Morgan fingerprint density at radius 1 is 1.15 bits per heavy atom. The summed E-state index contributed by atoms with van der Waals surface area (Å²) in [5.41, 5.74) is 0.00221. The van der Waals surface area contributed by atoms with Gasteiger partial charge in [0, 0.05) is 25.9 Å². The molecule has 1 fully saturated rings. The summed E-state index contributed by atoms with van der Waals surface area (Å²) in [6.07, 6.45) is 6.99. The first kappa shape index (κ1) is 17.9. The number of nitrogens with one attached hydrogen (secondary N) is 1. The fraction of sp³-hybridized carbons (Fsp3) is 1.00. The molecule has 1 aliphatic heterocycles. The van der Waals surface area contributed by atoms with E-state index >= 15 is 0 Å². The van der Waals surface area contributed by atoms with Gasteiger partial charge in [-0.05, 0) is 57.9 Å². The lowest BCUT2D eigenvalue weighted by atomic mass is 9.80. The highest BCUT2D eigenvalue weighted by Gasteiger charge is 2.37. The molecule has 0 aromatic heterocycles. The molecule has 3 heteroatoms. The van der Waals surface area contributed by atoms with Crippen molar-refractivity contribution >= 4 is 0 Å². The lowest BCUT2D eigenvalue weighted by Crippen LogP contribution is -2.53. The van der Waals surface area contributed by atoms with Gasteiger partial charge in [0.05, 0.1) is 5.60 Å². The van der Waals surface area contributed by atoms with Gasteiger partial charge in [-0.2, -0.15) is 0 Å². The third-order valence-electron chi connectivity index (χ3n) is 4.81. The van der Waals surface area contributed by atoms with Crippen molar-refractivity contribution in [1.29, 1.82) is 0 Å². The quantitative estimate of drug-likeness (QED) is 0.663. The van der Waals surface area contributed by atoms with E-state index in [0.29, 0.717) is 6.04 Å². The summed E-state index contributed by atoms with van der Waals surface area (Å²) >= 11 is 0. The van der Waals surface area contributed by atoms with Crippen molar-refractivity contribution in [3.63, 3.8) is 0 Å². The van der Waals surface area contributed by atoms with E-state index < -0.39 is 0 Å². The molecular formula is C17H35NO2. The van der Waals surface area contributed by atoms with Crippen molar-refractivity contribution < 1.29 is 9.47 Å². The Morgan fingerprint density at radius 3 is 2.30 bits per heavy atom. The summed E-state index contributed by atoms with van der Waals surface area (Å²) in [5, 5.41) is 3.78. The van der Waals surface area contributed by atoms with Gasteiger partial charge in [-0.3, -0.25) is 0 Å². The Hall–Kier alpha value is -0.120. The summed E-state index contributed by atoms with van der Waals surface area (Å²) < 4.78 is 11.7. The topological polar surface area (TPSA) is 30.5 Å². The van der Waals surface area contributed by atoms with E-state index in [-0.39, 0.29) is 5.60 Å². The molecule has 0 amide bonds. The SMILES string of the molecule is CCCNC(CC1CCOCC1)C(CC)(CC)OCC. The highest BCUT2D eigenvalue weighted by atomic mass is 16.5. The van der Waals surface area contributed by atoms with E-state index in [1.165, 1.54) is 25.7 Å². The zero-order valence-corrected chi connectivity index (χ0v) is 14.0. The average molecular weight is 285 g/mol. The van der Waals surface area contributed by atoms with Gasteiger partial charge in [-0.15, -0.1) is 0 Å². The minimum atomic E-state index is 0.00221. The second kappa shape index (κ2) is 9.75. The van der Waals surface area contributed by atoms with Gasteiger partial charge in [-0.25, -0.2) is 0 Å². The summed E-state index contributed by atoms with van der Waals surface area (Å²) in [4.78, 5) is 0.